The number of nitrogens with zero attached hydrogens (tertiary/aromatic N) is 3. The first-order valence-electron chi connectivity index (χ1n) is 9.37. The minimum atomic E-state index is -4.47. The van der Waals surface area contributed by atoms with Gasteiger partial charge in [-0.05, 0) is 36.4 Å². The standard InChI is InChI=1S/C21H17Cl2F3N4O2S/c1-2-6-30-18(11-32-17-5-3-4-13(7-17)21(24,25)26)28-29-20(30)33-12-19(31)27-16-9-14(22)8-15(23)10-16/h2-5,7-10H,1,6,11-12H2,(H,27,31). The molecule has 0 aliphatic heterocycles. The quantitative estimate of drug-likeness (QED) is 0.275. The summed E-state index contributed by atoms with van der Waals surface area (Å²) in [6.07, 6.45) is -2.86. The molecule has 0 atom stereocenters. The monoisotopic (exact) mass is 516 g/mol. The number of aromatic nitrogens is 3. The van der Waals surface area contributed by atoms with E-state index in [0.717, 1.165) is 23.9 Å². The van der Waals surface area contributed by atoms with Crippen LogP contribution in [0.3, 0.4) is 0 Å². The van der Waals surface area contributed by atoms with Crippen LogP contribution in [-0.2, 0) is 24.1 Å². The second-order valence-corrected chi connectivity index (χ2v) is 8.42. The Labute approximate surface area is 201 Å². The lowest BCUT2D eigenvalue weighted by atomic mass is 10.2. The Morgan fingerprint density at radius 2 is 1.91 bits per heavy atom. The van der Waals surface area contributed by atoms with Crippen molar-refractivity contribution < 1.29 is 22.7 Å². The summed E-state index contributed by atoms with van der Waals surface area (Å²) >= 11 is 13.0. The lowest BCUT2D eigenvalue weighted by Gasteiger charge is -2.11. The van der Waals surface area contributed by atoms with Crippen LogP contribution in [0.25, 0.3) is 0 Å². The van der Waals surface area contributed by atoms with Crippen LogP contribution in [0.2, 0.25) is 10.0 Å². The zero-order valence-corrected chi connectivity index (χ0v) is 19.2. The molecule has 6 nitrogen and oxygen atoms in total. The predicted octanol–water partition coefficient (Wildman–Crippen LogP) is 6.10. The summed E-state index contributed by atoms with van der Waals surface area (Å²) in [7, 11) is 0. The molecule has 0 saturated heterocycles. The van der Waals surface area contributed by atoms with E-state index in [2.05, 4.69) is 22.1 Å². The van der Waals surface area contributed by atoms with Crippen LogP contribution in [-0.4, -0.2) is 26.4 Å². The molecule has 33 heavy (non-hydrogen) atoms. The van der Waals surface area contributed by atoms with E-state index in [1.165, 1.54) is 12.1 Å². The maximum atomic E-state index is 12.9. The number of halogens is 5. The van der Waals surface area contributed by atoms with Crippen molar-refractivity contribution in [3.63, 3.8) is 0 Å². The van der Waals surface area contributed by atoms with Crippen LogP contribution in [0.5, 0.6) is 5.75 Å². The average Bonchev–Trinajstić information content (AvgIpc) is 3.11. The second-order valence-electron chi connectivity index (χ2n) is 6.61. The highest BCUT2D eigenvalue weighted by Crippen LogP contribution is 2.31. The van der Waals surface area contributed by atoms with E-state index in [4.69, 9.17) is 27.9 Å². The van der Waals surface area contributed by atoms with Gasteiger partial charge in [0.2, 0.25) is 5.91 Å². The fourth-order valence-electron chi connectivity index (χ4n) is 2.71. The van der Waals surface area contributed by atoms with Gasteiger partial charge in [-0.3, -0.25) is 9.36 Å². The average molecular weight is 517 g/mol. The molecule has 1 N–H and O–H groups in total. The maximum absolute atomic E-state index is 12.9. The number of hydrogen-bond acceptors (Lipinski definition) is 5. The molecule has 2 aromatic carbocycles. The Morgan fingerprint density at radius 3 is 2.58 bits per heavy atom. The van der Waals surface area contributed by atoms with E-state index in [9.17, 15) is 18.0 Å². The Morgan fingerprint density at radius 1 is 1.18 bits per heavy atom. The normalized spacial score (nSPS) is 11.3. The summed E-state index contributed by atoms with van der Waals surface area (Å²) in [6.45, 7) is 3.89. The topological polar surface area (TPSA) is 69.0 Å². The third-order valence-corrected chi connectivity index (χ3v) is 5.52. The SMILES string of the molecule is C=CCn1c(COc2cccc(C(F)(F)F)c2)nnc1SCC(=O)Nc1cc(Cl)cc(Cl)c1. The summed E-state index contributed by atoms with van der Waals surface area (Å²) in [5.74, 6) is 0.130. The van der Waals surface area contributed by atoms with Crippen molar-refractivity contribution in [3.05, 3.63) is 76.6 Å². The fraction of sp³-hybridized carbons (Fsp3) is 0.190. The van der Waals surface area contributed by atoms with Crippen molar-refractivity contribution in [2.45, 2.75) is 24.5 Å². The summed E-state index contributed by atoms with van der Waals surface area (Å²) < 4.78 is 45.8. The number of thioether (sulfide) groups is 1. The molecule has 0 aliphatic carbocycles. The summed E-state index contributed by atoms with van der Waals surface area (Å²) in [5.41, 5.74) is -0.350. The van der Waals surface area contributed by atoms with E-state index >= 15 is 0 Å². The number of anilines is 1. The largest absolute Gasteiger partial charge is 0.486 e. The summed E-state index contributed by atoms with van der Waals surface area (Å²) in [6, 6.07) is 9.25. The Kier molecular flexibility index (Phi) is 8.28. The number of nitrogens with one attached hydrogen (secondary N) is 1. The molecule has 0 fully saturated rings. The van der Waals surface area contributed by atoms with Gasteiger partial charge >= 0.3 is 6.18 Å². The molecule has 0 radical (unpaired) electrons. The predicted molar refractivity (Wildman–Crippen MR) is 122 cm³/mol. The zero-order chi connectivity index (χ0) is 24.0. The first-order chi connectivity index (χ1) is 15.7. The smallest absolute Gasteiger partial charge is 0.416 e. The molecular formula is C21H17Cl2F3N4O2S. The van der Waals surface area contributed by atoms with Crippen molar-refractivity contribution in [3.8, 4) is 5.75 Å². The van der Waals surface area contributed by atoms with Gasteiger partial charge in [0.1, 0.15) is 12.4 Å². The molecule has 1 heterocycles. The third kappa shape index (κ3) is 7.15. The Balaban J connectivity index is 1.64. The van der Waals surface area contributed by atoms with E-state index < -0.39 is 11.7 Å². The molecule has 1 amide bonds. The molecule has 0 unspecified atom stereocenters. The van der Waals surface area contributed by atoms with Gasteiger partial charge in [0.05, 0.1) is 11.3 Å². The zero-order valence-electron chi connectivity index (χ0n) is 16.9. The van der Waals surface area contributed by atoms with Crippen LogP contribution in [0.15, 0.2) is 60.3 Å². The molecule has 174 valence electrons. The highest BCUT2D eigenvalue weighted by atomic mass is 35.5. The second kappa shape index (κ2) is 11.0. The van der Waals surface area contributed by atoms with Crippen molar-refractivity contribution >= 4 is 46.6 Å². The first kappa shape index (κ1) is 24.9. The molecule has 0 spiro atoms. The number of allylic oxidation sites excluding steroid dienone is 1. The molecule has 12 heteroatoms. The van der Waals surface area contributed by atoms with Gasteiger partial charge in [-0.2, -0.15) is 13.2 Å². The van der Waals surface area contributed by atoms with E-state index in [1.54, 1.807) is 28.8 Å². The lowest BCUT2D eigenvalue weighted by molar-refractivity contribution is -0.137. The number of carbonyl (C=O) groups is 1. The number of rotatable bonds is 9. The summed E-state index contributed by atoms with van der Waals surface area (Å²) in [5, 5.41) is 12.0. The van der Waals surface area contributed by atoms with Crippen molar-refractivity contribution in [1.82, 2.24) is 14.8 Å². The number of hydrogen-bond donors (Lipinski definition) is 1. The van der Waals surface area contributed by atoms with Crippen LogP contribution in [0.4, 0.5) is 18.9 Å². The highest BCUT2D eigenvalue weighted by Gasteiger charge is 2.30. The number of ether oxygens (including phenoxy) is 1. The van der Waals surface area contributed by atoms with Crippen LogP contribution >= 0.6 is 35.0 Å². The van der Waals surface area contributed by atoms with Crippen molar-refractivity contribution in [2.75, 3.05) is 11.1 Å². The molecule has 0 saturated carbocycles. The van der Waals surface area contributed by atoms with Crippen molar-refractivity contribution in [1.29, 1.82) is 0 Å². The lowest BCUT2D eigenvalue weighted by Crippen LogP contribution is -2.15. The van der Waals surface area contributed by atoms with Crippen molar-refractivity contribution in [2.24, 2.45) is 0 Å². The minimum absolute atomic E-state index is 0.0217. The van der Waals surface area contributed by atoms with Gasteiger partial charge in [-0.1, -0.05) is 47.1 Å². The van der Waals surface area contributed by atoms with Crippen LogP contribution in [0, 0.1) is 0 Å². The minimum Gasteiger partial charge on any atom is -0.486 e. The number of benzene rings is 2. The number of amides is 1. The maximum Gasteiger partial charge on any atom is 0.416 e. The number of carbonyl (C=O) groups excluding carboxylic acids is 1. The van der Waals surface area contributed by atoms with Crippen LogP contribution < -0.4 is 10.1 Å². The van der Waals surface area contributed by atoms with Gasteiger partial charge < -0.3 is 10.1 Å². The third-order valence-electron chi connectivity index (χ3n) is 4.11. The molecule has 0 aliphatic rings. The molecule has 3 aromatic rings. The highest BCUT2D eigenvalue weighted by molar-refractivity contribution is 7.99. The van der Waals surface area contributed by atoms with E-state index in [1.807, 2.05) is 0 Å². The van der Waals surface area contributed by atoms with Gasteiger partial charge in [0.15, 0.2) is 11.0 Å². The number of alkyl halides is 3. The van der Waals surface area contributed by atoms with E-state index in [0.29, 0.717) is 33.3 Å². The molecule has 1 aromatic heterocycles. The van der Waals surface area contributed by atoms with E-state index in [-0.39, 0.29) is 24.0 Å². The Hall–Kier alpha value is -2.69. The van der Waals surface area contributed by atoms with Gasteiger partial charge in [0, 0.05) is 22.3 Å². The van der Waals surface area contributed by atoms with Crippen LogP contribution in [0.1, 0.15) is 11.4 Å². The molecule has 0 bridgehead atoms. The molecule has 3 rings (SSSR count). The Bertz CT molecular complexity index is 1130. The fourth-order valence-corrected chi connectivity index (χ4v) is 4.00. The van der Waals surface area contributed by atoms with Gasteiger partial charge in [-0.15, -0.1) is 16.8 Å². The first-order valence-corrected chi connectivity index (χ1v) is 11.1. The molecular weight excluding hydrogens is 500 g/mol. The summed E-state index contributed by atoms with van der Waals surface area (Å²) in [4.78, 5) is 12.3. The van der Waals surface area contributed by atoms with Gasteiger partial charge in [0.25, 0.3) is 0 Å². The van der Waals surface area contributed by atoms with Gasteiger partial charge in [-0.25, -0.2) is 0 Å².